The van der Waals surface area contributed by atoms with Crippen molar-refractivity contribution in [3.05, 3.63) is 44.7 Å². The summed E-state index contributed by atoms with van der Waals surface area (Å²) >= 11 is 1.45. The number of hydrogen-bond acceptors (Lipinski definition) is 5. The average Bonchev–Trinajstić information content (AvgIpc) is 2.98. The van der Waals surface area contributed by atoms with Crippen molar-refractivity contribution in [2.24, 2.45) is 0 Å². The predicted octanol–water partition coefficient (Wildman–Crippen LogP) is 2.97. The minimum Gasteiger partial charge on any atom is -0.355 e. The standard InChI is InChI=1S/C19H22N4O2S/c1-5-8-20-15(24)10-23-19(25)17-18(26-13(4)21-17)16(22-23)14-7-6-11(2)9-12(14)3/h6-7,9H,5,8,10H2,1-4H3,(H,20,24). The van der Waals surface area contributed by atoms with Crippen LogP contribution in [0.5, 0.6) is 0 Å². The summed E-state index contributed by atoms with van der Waals surface area (Å²) in [6.07, 6.45) is 0.839. The number of amides is 1. The molecule has 0 aliphatic heterocycles. The van der Waals surface area contributed by atoms with Gasteiger partial charge in [0, 0.05) is 12.1 Å². The maximum Gasteiger partial charge on any atom is 0.294 e. The maximum atomic E-state index is 12.7. The third-order valence-corrected chi connectivity index (χ3v) is 5.09. The lowest BCUT2D eigenvalue weighted by atomic mass is 10.0. The smallest absolute Gasteiger partial charge is 0.294 e. The van der Waals surface area contributed by atoms with Gasteiger partial charge in [0.15, 0.2) is 5.52 Å². The van der Waals surface area contributed by atoms with Crippen molar-refractivity contribution in [3.8, 4) is 11.3 Å². The Balaban J connectivity index is 2.17. The summed E-state index contributed by atoms with van der Waals surface area (Å²) < 4.78 is 1.99. The number of aromatic nitrogens is 3. The molecule has 0 fully saturated rings. The average molecular weight is 370 g/mol. The first-order valence-corrected chi connectivity index (χ1v) is 9.45. The summed E-state index contributed by atoms with van der Waals surface area (Å²) in [6.45, 7) is 8.38. The lowest BCUT2D eigenvalue weighted by Crippen LogP contribution is -2.34. The van der Waals surface area contributed by atoms with Crippen molar-refractivity contribution < 1.29 is 4.79 Å². The molecule has 1 aromatic carbocycles. The van der Waals surface area contributed by atoms with E-state index in [0.29, 0.717) is 17.8 Å². The zero-order valence-electron chi connectivity index (χ0n) is 15.4. The first-order valence-electron chi connectivity index (χ1n) is 8.63. The number of carbonyl (C=O) groups excluding carboxylic acids is 1. The molecular weight excluding hydrogens is 348 g/mol. The van der Waals surface area contributed by atoms with E-state index in [1.165, 1.54) is 16.0 Å². The highest BCUT2D eigenvalue weighted by molar-refractivity contribution is 7.19. The summed E-state index contributed by atoms with van der Waals surface area (Å²) in [5, 5.41) is 8.12. The maximum absolute atomic E-state index is 12.7. The summed E-state index contributed by atoms with van der Waals surface area (Å²) in [5.74, 6) is -0.223. The topological polar surface area (TPSA) is 76.9 Å². The molecule has 2 aromatic heterocycles. The molecule has 7 heteroatoms. The van der Waals surface area contributed by atoms with Crippen LogP contribution in [0.2, 0.25) is 0 Å². The minimum atomic E-state index is -0.329. The van der Waals surface area contributed by atoms with Gasteiger partial charge < -0.3 is 5.32 Å². The highest BCUT2D eigenvalue weighted by atomic mass is 32.1. The zero-order chi connectivity index (χ0) is 18.8. The van der Waals surface area contributed by atoms with Gasteiger partial charge in [-0.1, -0.05) is 30.7 Å². The van der Waals surface area contributed by atoms with E-state index < -0.39 is 0 Å². The number of nitrogens with zero attached hydrogens (tertiary/aromatic N) is 3. The van der Waals surface area contributed by atoms with E-state index in [2.05, 4.69) is 21.5 Å². The van der Waals surface area contributed by atoms with Gasteiger partial charge >= 0.3 is 0 Å². The first kappa shape index (κ1) is 18.3. The molecule has 0 saturated carbocycles. The second kappa shape index (κ2) is 7.37. The summed E-state index contributed by atoms with van der Waals surface area (Å²) in [5.41, 5.74) is 3.93. The monoisotopic (exact) mass is 370 g/mol. The third kappa shape index (κ3) is 3.53. The number of benzene rings is 1. The van der Waals surface area contributed by atoms with Crippen molar-refractivity contribution in [3.63, 3.8) is 0 Å². The van der Waals surface area contributed by atoms with Crippen molar-refractivity contribution in [1.82, 2.24) is 20.1 Å². The number of thiazole rings is 1. The Hall–Kier alpha value is -2.54. The number of nitrogens with one attached hydrogen (secondary N) is 1. The molecule has 3 aromatic rings. The Bertz CT molecular complexity index is 1040. The number of rotatable bonds is 5. The van der Waals surface area contributed by atoms with E-state index in [0.717, 1.165) is 32.8 Å². The highest BCUT2D eigenvalue weighted by Crippen LogP contribution is 2.31. The Labute approximate surface area is 155 Å². The van der Waals surface area contributed by atoms with E-state index in [4.69, 9.17) is 0 Å². The van der Waals surface area contributed by atoms with E-state index in [9.17, 15) is 9.59 Å². The SMILES string of the molecule is CCCNC(=O)Cn1nc(-c2ccc(C)cc2C)c2sc(C)nc2c1=O. The lowest BCUT2D eigenvalue weighted by molar-refractivity contribution is -0.121. The Morgan fingerprint density at radius 1 is 1.27 bits per heavy atom. The fraction of sp³-hybridized carbons (Fsp3) is 0.368. The van der Waals surface area contributed by atoms with Gasteiger partial charge in [0.1, 0.15) is 12.2 Å². The van der Waals surface area contributed by atoms with Gasteiger partial charge in [-0.2, -0.15) is 5.10 Å². The molecule has 0 atom stereocenters. The molecule has 136 valence electrons. The summed E-state index contributed by atoms with van der Waals surface area (Å²) in [6, 6.07) is 6.11. The van der Waals surface area contributed by atoms with Crippen LogP contribution in [0.25, 0.3) is 21.5 Å². The summed E-state index contributed by atoms with van der Waals surface area (Å²) in [7, 11) is 0. The lowest BCUT2D eigenvalue weighted by Gasteiger charge is -2.11. The van der Waals surface area contributed by atoms with Gasteiger partial charge in [-0.25, -0.2) is 9.67 Å². The van der Waals surface area contributed by atoms with Crippen LogP contribution in [0, 0.1) is 20.8 Å². The van der Waals surface area contributed by atoms with Crippen LogP contribution in [-0.4, -0.2) is 27.2 Å². The fourth-order valence-corrected chi connectivity index (χ4v) is 3.79. The first-order chi connectivity index (χ1) is 12.4. The molecule has 0 unspecified atom stereocenters. The molecule has 3 rings (SSSR count). The van der Waals surface area contributed by atoms with Gasteiger partial charge in [0.05, 0.1) is 9.71 Å². The van der Waals surface area contributed by atoms with Gasteiger partial charge in [-0.05, 0) is 32.8 Å². The van der Waals surface area contributed by atoms with Crippen molar-refractivity contribution in [1.29, 1.82) is 0 Å². The van der Waals surface area contributed by atoms with E-state index in [1.54, 1.807) is 0 Å². The van der Waals surface area contributed by atoms with Crippen LogP contribution in [0.4, 0.5) is 0 Å². The van der Waals surface area contributed by atoms with Crippen LogP contribution in [0.15, 0.2) is 23.0 Å². The molecule has 0 radical (unpaired) electrons. The second-order valence-electron chi connectivity index (χ2n) is 6.39. The quantitative estimate of drug-likeness (QED) is 0.749. The van der Waals surface area contributed by atoms with Crippen molar-refractivity contribution in [2.75, 3.05) is 6.54 Å². The zero-order valence-corrected chi connectivity index (χ0v) is 16.2. The van der Waals surface area contributed by atoms with Crippen LogP contribution in [0.1, 0.15) is 29.5 Å². The van der Waals surface area contributed by atoms with E-state index >= 15 is 0 Å². The Morgan fingerprint density at radius 3 is 2.73 bits per heavy atom. The van der Waals surface area contributed by atoms with Crippen LogP contribution in [0.3, 0.4) is 0 Å². The number of aryl methyl sites for hydroxylation is 3. The van der Waals surface area contributed by atoms with E-state index in [1.807, 2.05) is 39.8 Å². The molecule has 0 saturated heterocycles. The molecule has 1 N–H and O–H groups in total. The van der Waals surface area contributed by atoms with E-state index in [-0.39, 0.29) is 18.0 Å². The van der Waals surface area contributed by atoms with Gasteiger partial charge in [0.2, 0.25) is 5.91 Å². The predicted molar refractivity (Wildman–Crippen MR) is 105 cm³/mol. The van der Waals surface area contributed by atoms with Crippen LogP contribution < -0.4 is 10.9 Å². The number of fused-ring (bicyclic) bond motifs is 1. The molecular formula is C19H22N4O2S. The fourth-order valence-electron chi connectivity index (χ4n) is 2.89. The molecule has 6 nitrogen and oxygen atoms in total. The van der Waals surface area contributed by atoms with Crippen LogP contribution in [-0.2, 0) is 11.3 Å². The number of hydrogen-bond donors (Lipinski definition) is 1. The molecule has 0 spiro atoms. The van der Waals surface area contributed by atoms with Gasteiger partial charge in [-0.3, -0.25) is 9.59 Å². The molecule has 0 aliphatic carbocycles. The van der Waals surface area contributed by atoms with Crippen LogP contribution >= 0.6 is 11.3 Å². The molecule has 2 heterocycles. The van der Waals surface area contributed by atoms with Crippen molar-refractivity contribution >= 4 is 27.5 Å². The normalized spacial score (nSPS) is 11.1. The molecule has 1 amide bonds. The molecule has 0 bridgehead atoms. The summed E-state index contributed by atoms with van der Waals surface area (Å²) in [4.78, 5) is 29.2. The van der Waals surface area contributed by atoms with Gasteiger partial charge in [-0.15, -0.1) is 11.3 Å². The molecule has 26 heavy (non-hydrogen) atoms. The number of carbonyl (C=O) groups is 1. The Morgan fingerprint density at radius 2 is 2.04 bits per heavy atom. The third-order valence-electron chi connectivity index (χ3n) is 4.11. The van der Waals surface area contributed by atoms with Crippen molar-refractivity contribution in [2.45, 2.75) is 40.7 Å². The molecule has 0 aliphatic rings. The largest absolute Gasteiger partial charge is 0.355 e. The highest BCUT2D eigenvalue weighted by Gasteiger charge is 2.18. The van der Waals surface area contributed by atoms with Gasteiger partial charge in [0.25, 0.3) is 5.56 Å². The Kier molecular flexibility index (Phi) is 5.18. The minimum absolute atomic E-state index is 0.108. The second-order valence-corrected chi connectivity index (χ2v) is 7.59.